The molecule has 3 nitrogen and oxygen atoms in total. The number of halogens is 1. The first-order valence-electron chi connectivity index (χ1n) is 5.40. The lowest BCUT2D eigenvalue weighted by molar-refractivity contribution is -0.354. The molecule has 0 spiro atoms. The van der Waals surface area contributed by atoms with Gasteiger partial charge in [0.25, 0.3) is 0 Å². The summed E-state index contributed by atoms with van der Waals surface area (Å²) in [6.07, 6.45) is 1.47. The summed E-state index contributed by atoms with van der Waals surface area (Å²) in [5.41, 5.74) is 1.25. The number of benzene rings is 2. The number of ether oxygens (including phenoxy) is 1. The highest BCUT2D eigenvalue weighted by atomic mass is 35.5. The highest BCUT2D eigenvalue weighted by molar-refractivity contribution is 6.30. The van der Waals surface area contributed by atoms with Crippen LogP contribution in [0.3, 0.4) is 0 Å². The minimum absolute atomic E-state index is 0.519. The average Bonchev–Trinajstić information content (AvgIpc) is 2.40. The van der Waals surface area contributed by atoms with Gasteiger partial charge in [-0.15, -0.1) is 0 Å². The molecule has 0 unspecified atom stereocenters. The third kappa shape index (κ3) is 2.81. The summed E-state index contributed by atoms with van der Waals surface area (Å²) in [6, 6.07) is 14.0. The Labute approximate surface area is 110 Å². The van der Waals surface area contributed by atoms with Gasteiger partial charge in [-0.25, -0.2) is 0 Å². The zero-order valence-corrected chi connectivity index (χ0v) is 10.6. The molecular formula is C14H12ClNO2. The molecule has 0 radical (unpaired) electrons. The van der Waals surface area contributed by atoms with E-state index in [-0.39, 0.29) is 0 Å². The molecule has 0 heterocycles. The highest BCUT2D eigenvalue weighted by Gasteiger charge is 2.05. The van der Waals surface area contributed by atoms with Crippen LogP contribution in [-0.2, 0) is 0 Å². The van der Waals surface area contributed by atoms with Gasteiger partial charge in [0.2, 0.25) is 5.69 Å². The summed E-state index contributed by atoms with van der Waals surface area (Å²) in [7, 11) is 1.57. The molecule has 0 amide bonds. The van der Waals surface area contributed by atoms with Crippen LogP contribution in [0.15, 0.2) is 48.5 Å². The lowest BCUT2D eigenvalue weighted by atomic mass is 10.2. The summed E-state index contributed by atoms with van der Waals surface area (Å²) in [5.74, 6) is 0.660. The second-order valence-corrected chi connectivity index (χ2v) is 4.11. The molecule has 0 N–H and O–H groups in total. The number of hydrogen-bond acceptors (Lipinski definition) is 2. The van der Waals surface area contributed by atoms with Crippen LogP contribution < -0.4 is 4.74 Å². The van der Waals surface area contributed by atoms with Crippen molar-refractivity contribution in [1.29, 1.82) is 0 Å². The van der Waals surface area contributed by atoms with Gasteiger partial charge in [0, 0.05) is 17.2 Å². The van der Waals surface area contributed by atoms with E-state index in [9.17, 15) is 5.21 Å². The van der Waals surface area contributed by atoms with Crippen LogP contribution in [0, 0.1) is 5.21 Å². The maximum Gasteiger partial charge on any atom is 0.216 e. The van der Waals surface area contributed by atoms with E-state index in [1.54, 1.807) is 31.4 Å². The van der Waals surface area contributed by atoms with Crippen LogP contribution in [0.1, 0.15) is 5.56 Å². The maximum absolute atomic E-state index is 12.0. The van der Waals surface area contributed by atoms with Crippen LogP contribution in [0.2, 0.25) is 5.02 Å². The lowest BCUT2D eigenvalue weighted by Gasteiger charge is -2.05. The zero-order valence-electron chi connectivity index (χ0n) is 9.84. The van der Waals surface area contributed by atoms with Gasteiger partial charge in [0.05, 0.1) is 12.7 Å². The van der Waals surface area contributed by atoms with E-state index in [4.69, 9.17) is 16.3 Å². The summed E-state index contributed by atoms with van der Waals surface area (Å²) in [5, 5.41) is 12.6. The fourth-order valence-electron chi connectivity index (χ4n) is 1.56. The SMILES string of the molecule is COc1ccccc1/C=[N+](/[O-])c1ccc(Cl)cc1. The average molecular weight is 262 g/mol. The molecule has 2 rings (SSSR count). The number of hydrogen-bond donors (Lipinski definition) is 0. The molecule has 0 aliphatic heterocycles. The van der Waals surface area contributed by atoms with Crippen molar-refractivity contribution in [2.45, 2.75) is 0 Å². The normalized spacial score (nSPS) is 11.3. The zero-order chi connectivity index (χ0) is 13.0. The molecule has 0 fully saturated rings. The molecule has 18 heavy (non-hydrogen) atoms. The minimum atomic E-state index is 0.519. The Morgan fingerprint density at radius 1 is 1.11 bits per heavy atom. The molecule has 0 bridgehead atoms. The van der Waals surface area contributed by atoms with Gasteiger partial charge in [0.1, 0.15) is 5.75 Å². The molecule has 0 aliphatic carbocycles. The lowest BCUT2D eigenvalue weighted by Crippen LogP contribution is -2.00. The van der Waals surface area contributed by atoms with E-state index in [1.807, 2.05) is 24.3 Å². The van der Waals surface area contributed by atoms with Crippen molar-refractivity contribution in [3.05, 3.63) is 64.3 Å². The van der Waals surface area contributed by atoms with E-state index >= 15 is 0 Å². The second-order valence-electron chi connectivity index (χ2n) is 3.67. The molecule has 2 aromatic carbocycles. The van der Waals surface area contributed by atoms with Gasteiger partial charge in [-0.2, -0.15) is 4.74 Å². The predicted molar refractivity (Wildman–Crippen MR) is 72.9 cm³/mol. The summed E-state index contributed by atoms with van der Waals surface area (Å²) in [4.78, 5) is 0. The number of methoxy groups -OCH3 is 1. The van der Waals surface area contributed by atoms with Gasteiger partial charge >= 0.3 is 0 Å². The van der Waals surface area contributed by atoms with Crippen molar-refractivity contribution >= 4 is 23.5 Å². The molecule has 0 aliphatic rings. The summed E-state index contributed by atoms with van der Waals surface area (Å²) >= 11 is 5.77. The van der Waals surface area contributed by atoms with E-state index in [2.05, 4.69) is 0 Å². The molecule has 2 aromatic rings. The topological polar surface area (TPSA) is 35.3 Å². The van der Waals surface area contributed by atoms with Crippen LogP contribution in [-0.4, -0.2) is 18.1 Å². The van der Waals surface area contributed by atoms with Crippen molar-refractivity contribution in [2.24, 2.45) is 0 Å². The minimum Gasteiger partial charge on any atom is -0.618 e. The molecule has 4 heteroatoms. The number of rotatable bonds is 3. The Balaban J connectivity index is 2.35. The molecular weight excluding hydrogens is 250 g/mol. The van der Waals surface area contributed by atoms with Crippen LogP contribution >= 0.6 is 11.6 Å². The van der Waals surface area contributed by atoms with Crippen molar-refractivity contribution in [2.75, 3.05) is 7.11 Å². The highest BCUT2D eigenvalue weighted by Crippen LogP contribution is 2.18. The first-order chi connectivity index (χ1) is 8.70. The molecule has 92 valence electrons. The van der Waals surface area contributed by atoms with Crippen LogP contribution in [0.25, 0.3) is 0 Å². The molecule has 0 aromatic heterocycles. The Morgan fingerprint density at radius 2 is 1.78 bits per heavy atom. The second kappa shape index (κ2) is 5.56. The fourth-order valence-corrected chi connectivity index (χ4v) is 1.69. The first kappa shape index (κ1) is 12.5. The first-order valence-corrected chi connectivity index (χ1v) is 5.78. The summed E-state index contributed by atoms with van der Waals surface area (Å²) < 4.78 is 5.97. The smallest absolute Gasteiger partial charge is 0.216 e. The third-order valence-corrected chi connectivity index (χ3v) is 2.73. The van der Waals surface area contributed by atoms with E-state index < -0.39 is 0 Å². The van der Waals surface area contributed by atoms with Gasteiger partial charge in [-0.3, -0.25) is 0 Å². The fraction of sp³-hybridized carbons (Fsp3) is 0.0714. The van der Waals surface area contributed by atoms with E-state index in [0.717, 1.165) is 10.3 Å². The Kier molecular flexibility index (Phi) is 3.85. The van der Waals surface area contributed by atoms with Gasteiger partial charge < -0.3 is 9.94 Å². The predicted octanol–water partition coefficient (Wildman–Crippen LogP) is 3.61. The van der Waals surface area contributed by atoms with Gasteiger partial charge in [0.15, 0.2) is 6.21 Å². The Hall–Kier alpha value is -2.00. The van der Waals surface area contributed by atoms with Crippen molar-refractivity contribution < 1.29 is 9.48 Å². The Bertz CT molecular complexity index is 564. The van der Waals surface area contributed by atoms with Gasteiger partial charge in [-0.1, -0.05) is 23.7 Å². The molecule has 0 saturated carbocycles. The Morgan fingerprint density at radius 3 is 2.44 bits per heavy atom. The van der Waals surface area contributed by atoms with Crippen LogP contribution in [0.4, 0.5) is 5.69 Å². The van der Waals surface area contributed by atoms with E-state index in [1.165, 1.54) is 6.21 Å². The van der Waals surface area contributed by atoms with E-state index in [0.29, 0.717) is 16.5 Å². The number of nitrogens with zero attached hydrogens (tertiary/aromatic N) is 1. The quantitative estimate of drug-likeness (QED) is 0.366. The largest absolute Gasteiger partial charge is 0.618 e. The monoisotopic (exact) mass is 261 g/mol. The molecule has 0 saturated heterocycles. The van der Waals surface area contributed by atoms with Gasteiger partial charge in [-0.05, 0) is 24.3 Å². The third-order valence-electron chi connectivity index (χ3n) is 2.48. The van der Waals surface area contributed by atoms with Crippen LogP contribution in [0.5, 0.6) is 5.75 Å². The summed E-state index contributed by atoms with van der Waals surface area (Å²) in [6.45, 7) is 0. The standard InChI is InChI=1S/C14H12ClNO2/c1-18-14-5-3-2-4-11(14)10-16(17)13-8-6-12(15)7-9-13/h2-10H,1H3/b16-10+. The number of para-hydroxylation sites is 1. The van der Waals surface area contributed by atoms with Crippen molar-refractivity contribution in [1.82, 2.24) is 0 Å². The van der Waals surface area contributed by atoms with Crippen molar-refractivity contribution in [3.8, 4) is 5.75 Å². The molecule has 0 atom stereocenters. The maximum atomic E-state index is 12.0. The van der Waals surface area contributed by atoms with Crippen molar-refractivity contribution in [3.63, 3.8) is 0 Å².